The first-order chi connectivity index (χ1) is 13.5. The van der Waals surface area contributed by atoms with Crippen LogP contribution in [0.15, 0.2) is 23.2 Å². The minimum Gasteiger partial charge on any atom is -0.493 e. The summed E-state index contributed by atoms with van der Waals surface area (Å²) in [6.07, 6.45) is 3.46. The lowest BCUT2D eigenvalue weighted by molar-refractivity contribution is 0.179. The summed E-state index contributed by atoms with van der Waals surface area (Å²) in [5.41, 5.74) is 0. The van der Waals surface area contributed by atoms with Crippen LogP contribution in [0, 0.1) is 11.8 Å². The maximum absolute atomic E-state index is 6.05. The van der Waals surface area contributed by atoms with E-state index >= 15 is 0 Å². The summed E-state index contributed by atoms with van der Waals surface area (Å²) >= 11 is 12.1. The second-order valence-electron chi connectivity index (χ2n) is 7.96. The number of ether oxygens (including phenoxy) is 1. The number of aliphatic imine (C=N–C) groups is 1. The van der Waals surface area contributed by atoms with Crippen LogP contribution in [0.4, 0.5) is 0 Å². The zero-order valence-electron chi connectivity index (χ0n) is 17.4. The van der Waals surface area contributed by atoms with Gasteiger partial charge in [-0.1, -0.05) is 23.2 Å². The van der Waals surface area contributed by atoms with Gasteiger partial charge in [0, 0.05) is 42.8 Å². The summed E-state index contributed by atoms with van der Waals surface area (Å²) in [5.74, 6) is 3.05. The Hall–Kier alpha value is -0.440. The fourth-order valence-electron chi connectivity index (χ4n) is 3.95. The number of piperidine rings is 1. The SMILES string of the molecule is CCNC(=NCC1CCN(C)C1)N1CCC(COc2cc(Cl)cc(Cl)c2)CC1.I. The minimum atomic E-state index is 0. The van der Waals surface area contributed by atoms with Gasteiger partial charge in [-0.15, -0.1) is 24.0 Å². The number of halogens is 3. The topological polar surface area (TPSA) is 40.1 Å². The molecule has 29 heavy (non-hydrogen) atoms. The normalized spacial score (nSPS) is 21.2. The molecule has 2 aliphatic rings. The van der Waals surface area contributed by atoms with Crippen LogP contribution >= 0.6 is 47.2 Å². The highest BCUT2D eigenvalue weighted by molar-refractivity contribution is 14.0. The predicted octanol–water partition coefficient (Wildman–Crippen LogP) is 4.62. The van der Waals surface area contributed by atoms with Crippen molar-refractivity contribution in [3.05, 3.63) is 28.2 Å². The number of nitrogens with one attached hydrogen (secondary N) is 1. The fraction of sp³-hybridized carbons (Fsp3) is 0.667. The van der Waals surface area contributed by atoms with Crippen molar-refractivity contribution in [2.75, 3.05) is 52.9 Å². The Bertz CT molecular complexity index is 648. The van der Waals surface area contributed by atoms with Crippen LogP contribution in [0.25, 0.3) is 0 Å². The van der Waals surface area contributed by atoms with Crippen molar-refractivity contribution < 1.29 is 4.74 Å². The molecule has 0 amide bonds. The van der Waals surface area contributed by atoms with Gasteiger partial charge in [-0.05, 0) is 69.8 Å². The van der Waals surface area contributed by atoms with Gasteiger partial charge >= 0.3 is 0 Å². The Morgan fingerprint density at radius 1 is 1.10 bits per heavy atom. The molecule has 164 valence electrons. The zero-order valence-corrected chi connectivity index (χ0v) is 21.2. The Labute approximate surface area is 202 Å². The molecule has 0 saturated carbocycles. The third-order valence-electron chi connectivity index (χ3n) is 5.56. The van der Waals surface area contributed by atoms with Crippen molar-refractivity contribution in [2.24, 2.45) is 16.8 Å². The van der Waals surface area contributed by atoms with Gasteiger partial charge in [-0.2, -0.15) is 0 Å². The zero-order chi connectivity index (χ0) is 19.9. The Morgan fingerprint density at radius 2 is 1.76 bits per heavy atom. The smallest absolute Gasteiger partial charge is 0.193 e. The highest BCUT2D eigenvalue weighted by atomic mass is 127. The third kappa shape index (κ3) is 7.96. The molecular formula is C21H33Cl2IN4O. The molecule has 2 aliphatic heterocycles. The average Bonchev–Trinajstić information content (AvgIpc) is 3.08. The molecule has 0 radical (unpaired) electrons. The maximum atomic E-state index is 6.05. The molecule has 3 rings (SSSR count). The molecule has 1 N–H and O–H groups in total. The van der Waals surface area contributed by atoms with Crippen molar-refractivity contribution in [3.63, 3.8) is 0 Å². The van der Waals surface area contributed by atoms with Crippen molar-refractivity contribution in [2.45, 2.75) is 26.2 Å². The van der Waals surface area contributed by atoms with Crippen LogP contribution in [0.1, 0.15) is 26.2 Å². The fourth-order valence-corrected chi connectivity index (χ4v) is 4.46. The van der Waals surface area contributed by atoms with Gasteiger partial charge in [0.2, 0.25) is 0 Å². The van der Waals surface area contributed by atoms with Crippen LogP contribution in [-0.2, 0) is 0 Å². The summed E-state index contributed by atoms with van der Waals surface area (Å²) in [6, 6.07) is 5.36. The van der Waals surface area contributed by atoms with Gasteiger partial charge in [0.15, 0.2) is 5.96 Å². The molecule has 5 nitrogen and oxygen atoms in total. The largest absolute Gasteiger partial charge is 0.493 e. The molecule has 8 heteroatoms. The Kier molecular flexibility index (Phi) is 10.6. The molecule has 0 spiro atoms. The monoisotopic (exact) mass is 554 g/mol. The number of hydrogen-bond acceptors (Lipinski definition) is 3. The van der Waals surface area contributed by atoms with E-state index < -0.39 is 0 Å². The summed E-state index contributed by atoms with van der Waals surface area (Å²) in [7, 11) is 2.19. The molecule has 1 aromatic carbocycles. The molecule has 0 bridgehead atoms. The number of nitrogens with zero attached hydrogens (tertiary/aromatic N) is 3. The standard InChI is InChI=1S/C21H32Cl2N4O.HI/c1-3-24-21(25-13-17-4-7-26(2)14-17)27-8-5-16(6-9-27)15-28-20-11-18(22)10-19(23)12-20;/h10-12,16-17H,3-9,13-15H2,1-2H3,(H,24,25);1H. The molecule has 1 atom stereocenters. The number of rotatable bonds is 6. The molecule has 0 aliphatic carbocycles. The van der Waals surface area contributed by atoms with Crippen LogP contribution in [0.3, 0.4) is 0 Å². The van der Waals surface area contributed by atoms with E-state index in [-0.39, 0.29) is 24.0 Å². The number of likely N-dealkylation sites (tertiary alicyclic amines) is 2. The van der Waals surface area contributed by atoms with E-state index in [1.165, 1.54) is 13.0 Å². The van der Waals surface area contributed by atoms with Crippen molar-refractivity contribution in [1.82, 2.24) is 15.1 Å². The predicted molar refractivity (Wildman–Crippen MR) is 133 cm³/mol. The number of hydrogen-bond donors (Lipinski definition) is 1. The highest BCUT2D eigenvalue weighted by Crippen LogP contribution is 2.26. The van der Waals surface area contributed by atoms with E-state index in [1.807, 2.05) is 12.1 Å². The lowest BCUT2D eigenvalue weighted by Gasteiger charge is -2.34. The average molecular weight is 555 g/mol. The second kappa shape index (κ2) is 12.4. The van der Waals surface area contributed by atoms with Crippen LogP contribution in [0.2, 0.25) is 10.0 Å². The van der Waals surface area contributed by atoms with Crippen molar-refractivity contribution in [1.29, 1.82) is 0 Å². The van der Waals surface area contributed by atoms with Gasteiger partial charge in [-0.25, -0.2) is 0 Å². The van der Waals surface area contributed by atoms with Crippen LogP contribution < -0.4 is 10.1 Å². The molecule has 1 unspecified atom stereocenters. The number of guanidine groups is 1. The maximum Gasteiger partial charge on any atom is 0.193 e. The Balaban J connectivity index is 0.00000300. The lowest BCUT2D eigenvalue weighted by atomic mass is 9.98. The van der Waals surface area contributed by atoms with Crippen molar-refractivity contribution in [3.8, 4) is 5.75 Å². The Morgan fingerprint density at radius 3 is 2.34 bits per heavy atom. The van der Waals surface area contributed by atoms with Crippen LogP contribution in [0.5, 0.6) is 5.75 Å². The number of benzene rings is 1. The molecule has 2 heterocycles. The highest BCUT2D eigenvalue weighted by Gasteiger charge is 2.23. The summed E-state index contributed by atoms with van der Waals surface area (Å²) in [4.78, 5) is 9.73. The molecule has 2 saturated heterocycles. The lowest BCUT2D eigenvalue weighted by Crippen LogP contribution is -2.46. The molecule has 2 fully saturated rings. The molecule has 1 aromatic rings. The van der Waals surface area contributed by atoms with Gasteiger partial charge in [0.05, 0.1) is 6.61 Å². The van der Waals surface area contributed by atoms with E-state index in [1.54, 1.807) is 6.07 Å². The van der Waals surface area contributed by atoms with Gasteiger partial charge in [0.25, 0.3) is 0 Å². The van der Waals surface area contributed by atoms with Gasteiger partial charge in [0.1, 0.15) is 5.75 Å². The third-order valence-corrected chi connectivity index (χ3v) is 6.00. The minimum absolute atomic E-state index is 0. The van der Waals surface area contributed by atoms with Crippen LogP contribution in [-0.4, -0.2) is 68.7 Å². The quantitative estimate of drug-likeness (QED) is 0.316. The van der Waals surface area contributed by atoms with Gasteiger partial charge < -0.3 is 19.9 Å². The summed E-state index contributed by atoms with van der Waals surface area (Å²) in [5, 5.41) is 4.69. The molecular weight excluding hydrogens is 522 g/mol. The van der Waals surface area contributed by atoms with E-state index in [0.717, 1.165) is 57.3 Å². The second-order valence-corrected chi connectivity index (χ2v) is 8.83. The summed E-state index contributed by atoms with van der Waals surface area (Å²) < 4.78 is 5.94. The van der Waals surface area contributed by atoms with E-state index in [0.29, 0.717) is 28.5 Å². The first-order valence-corrected chi connectivity index (χ1v) is 11.1. The summed E-state index contributed by atoms with van der Waals surface area (Å²) in [6.45, 7) is 9.05. The first-order valence-electron chi connectivity index (χ1n) is 10.3. The van der Waals surface area contributed by atoms with E-state index in [2.05, 4.69) is 29.1 Å². The van der Waals surface area contributed by atoms with Gasteiger partial charge in [-0.3, -0.25) is 4.99 Å². The molecule has 0 aromatic heterocycles. The van der Waals surface area contributed by atoms with E-state index in [4.69, 9.17) is 32.9 Å². The first kappa shape index (κ1) is 24.8. The van der Waals surface area contributed by atoms with Crippen molar-refractivity contribution >= 4 is 53.1 Å². The van der Waals surface area contributed by atoms with E-state index in [9.17, 15) is 0 Å².